The molecule has 4 nitrogen and oxygen atoms in total. The van der Waals surface area contributed by atoms with Gasteiger partial charge in [-0.25, -0.2) is 4.79 Å². The summed E-state index contributed by atoms with van der Waals surface area (Å²) in [7, 11) is 0. The lowest BCUT2D eigenvalue weighted by molar-refractivity contribution is 0.0239. The number of benzene rings is 3. The molecule has 1 aliphatic rings. The summed E-state index contributed by atoms with van der Waals surface area (Å²) in [5.41, 5.74) is 2.30. The minimum Gasteiger partial charge on any atom is -0.507 e. The Kier molecular flexibility index (Phi) is 3.51. The summed E-state index contributed by atoms with van der Waals surface area (Å²) in [6.45, 7) is 3.80. The first-order chi connectivity index (χ1) is 12.4. The van der Waals surface area contributed by atoms with Crippen molar-refractivity contribution >= 4 is 5.97 Å². The first-order valence-electron chi connectivity index (χ1n) is 8.36. The number of esters is 1. The fourth-order valence-electron chi connectivity index (χ4n) is 3.63. The van der Waals surface area contributed by atoms with Gasteiger partial charge in [0.15, 0.2) is 5.60 Å². The van der Waals surface area contributed by atoms with Gasteiger partial charge in [0.25, 0.3) is 0 Å². The van der Waals surface area contributed by atoms with Crippen LogP contribution in [0.15, 0.2) is 60.7 Å². The standard InChI is InChI=1S/C22H18O4/c1-13-7-9-19(23)17(11-13)22(18-12-14(2)8-10-20(18)24)16-6-4-3-5-15(16)21(25)26-22/h3-12,23-24H,1-2H3. The average Bonchev–Trinajstić information content (AvgIpc) is 2.93. The Balaban J connectivity index is 2.15. The van der Waals surface area contributed by atoms with Gasteiger partial charge in [-0.2, -0.15) is 0 Å². The van der Waals surface area contributed by atoms with Gasteiger partial charge in [-0.3, -0.25) is 0 Å². The Morgan fingerprint density at radius 2 is 1.31 bits per heavy atom. The Morgan fingerprint density at radius 1 is 0.769 bits per heavy atom. The quantitative estimate of drug-likeness (QED) is 0.683. The summed E-state index contributed by atoms with van der Waals surface area (Å²) in [5.74, 6) is -0.482. The van der Waals surface area contributed by atoms with Gasteiger partial charge < -0.3 is 14.9 Å². The Labute approximate surface area is 151 Å². The molecule has 0 unspecified atom stereocenters. The number of carbonyl (C=O) groups excluding carboxylic acids is 1. The highest BCUT2D eigenvalue weighted by Crippen LogP contribution is 2.52. The molecule has 130 valence electrons. The molecule has 0 fully saturated rings. The zero-order valence-electron chi connectivity index (χ0n) is 14.5. The van der Waals surface area contributed by atoms with Crippen LogP contribution in [0.3, 0.4) is 0 Å². The first kappa shape index (κ1) is 16.2. The maximum Gasteiger partial charge on any atom is 0.340 e. The van der Waals surface area contributed by atoms with Crippen LogP contribution in [-0.4, -0.2) is 16.2 Å². The summed E-state index contributed by atoms with van der Waals surface area (Å²) in [6, 6.07) is 17.4. The smallest absolute Gasteiger partial charge is 0.340 e. The van der Waals surface area contributed by atoms with E-state index < -0.39 is 11.6 Å². The van der Waals surface area contributed by atoms with E-state index in [4.69, 9.17) is 4.74 Å². The molecule has 0 aliphatic carbocycles. The van der Waals surface area contributed by atoms with Crippen LogP contribution in [-0.2, 0) is 10.3 Å². The van der Waals surface area contributed by atoms with Crippen molar-refractivity contribution < 1.29 is 19.7 Å². The Bertz CT molecular complexity index is 985. The van der Waals surface area contributed by atoms with Gasteiger partial charge in [0, 0.05) is 16.7 Å². The lowest BCUT2D eigenvalue weighted by atomic mass is 9.78. The molecule has 1 heterocycles. The number of fused-ring (bicyclic) bond motifs is 1. The summed E-state index contributed by atoms with van der Waals surface area (Å²) in [5, 5.41) is 21.2. The number of ether oxygens (including phenoxy) is 1. The zero-order valence-corrected chi connectivity index (χ0v) is 14.5. The van der Waals surface area contributed by atoms with E-state index in [0.29, 0.717) is 22.3 Å². The molecule has 0 amide bonds. The summed E-state index contributed by atoms with van der Waals surface area (Å²) in [4.78, 5) is 12.6. The molecule has 0 aromatic heterocycles. The monoisotopic (exact) mass is 346 g/mol. The lowest BCUT2D eigenvalue weighted by Gasteiger charge is -2.31. The van der Waals surface area contributed by atoms with Crippen LogP contribution in [0.2, 0.25) is 0 Å². The van der Waals surface area contributed by atoms with Gasteiger partial charge in [-0.1, -0.05) is 41.5 Å². The van der Waals surface area contributed by atoms with Crippen molar-refractivity contribution in [2.24, 2.45) is 0 Å². The van der Waals surface area contributed by atoms with Crippen molar-refractivity contribution in [2.75, 3.05) is 0 Å². The molecule has 0 atom stereocenters. The van der Waals surface area contributed by atoms with E-state index in [9.17, 15) is 15.0 Å². The zero-order chi connectivity index (χ0) is 18.5. The number of hydrogen-bond donors (Lipinski definition) is 2. The number of rotatable bonds is 2. The van der Waals surface area contributed by atoms with Crippen molar-refractivity contribution in [1.82, 2.24) is 0 Å². The van der Waals surface area contributed by atoms with E-state index >= 15 is 0 Å². The molecule has 2 N–H and O–H groups in total. The second-order valence-electron chi connectivity index (χ2n) is 6.66. The number of phenols is 2. The lowest BCUT2D eigenvalue weighted by Crippen LogP contribution is -2.30. The van der Waals surface area contributed by atoms with Crippen molar-refractivity contribution in [3.8, 4) is 11.5 Å². The molecule has 3 aromatic carbocycles. The van der Waals surface area contributed by atoms with Gasteiger partial charge >= 0.3 is 5.97 Å². The van der Waals surface area contributed by atoms with E-state index in [0.717, 1.165) is 11.1 Å². The molecule has 3 aromatic rings. The molecular formula is C22H18O4. The fourth-order valence-corrected chi connectivity index (χ4v) is 3.63. The highest BCUT2D eigenvalue weighted by molar-refractivity contribution is 5.96. The van der Waals surface area contributed by atoms with E-state index in [1.54, 1.807) is 54.6 Å². The second kappa shape index (κ2) is 5.63. The van der Waals surface area contributed by atoms with Crippen LogP contribution in [0.25, 0.3) is 0 Å². The molecular weight excluding hydrogens is 328 g/mol. The molecule has 4 rings (SSSR count). The van der Waals surface area contributed by atoms with Crippen LogP contribution >= 0.6 is 0 Å². The predicted molar refractivity (Wildman–Crippen MR) is 97.4 cm³/mol. The molecule has 0 bridgehead atoms. The minimum atomic E-state index is -1.40. The third-order valence-corrected chi connectivity index (χ3v) is 4.83. The number of hydrogen-bond acceptors (Lipinski definition) is 4. The van der Waals surface area contributed by atoms with Gasteiger partial charge in [0.05, 0.1) is 5.56 Å². The van der Waals surface area contributed by atoms with Crippen molar-refractivity contribution in [3.05, 3.63) is 94.0 Å². The molecule has 4 heteroatoms. The number of phenolic OH excluding ortho intramolecular Hbond substituents is 2. The van der Waals surface area contributed by atoms with Gasteiger partial charge in [0.2, 0.25) is 0 Å². The van der Waals surface area contributed by atoms with Crippen molar-refractivity contribution in [3.63, 3.8) is 0 Å². The number of carbonyl (C=O) groups is 1. The average molecular weight is 346 g/mol. The van der Waals surface area contributed by atoms with Crippen LogP contribution in [0.4, 0.5) is 0 Å². The largest absolute Gasteiger partial charge is 0.507 e. The van der Waals surface area contributed by atoms with Gasteiger partial charge in [-0.05, 0) is 44.2 Å². The molecule has 26 heavy (non-hydrogen) atoms. The number of aryl methyl sites for hydroxylation is 2. The summed E-state index contributed by atoms with van der Waals surface area (Å²) in [6.07, 6.45) is 0. The van der Waals surface area contributed by atoms with Crippen molar-refractivity contribution in [1.29, 1.82) is 0 Å². The van der Waals surface area contributed by atoms with E-state index in [1.807, 2.05) is 19.9 Å². The first-order valence-corrected chi connectivity index (χ1v) is 8.36. The van der Waals surface area contributed by atoms with Crippen LogP contribution in [0.5, 0.6) is 11.5 Å². The predicted octanol–water partition coefficient (Wildman–Crippen LogP) is 4.18. The molecule has 0 radical (unpaired) electrons. The highest BCUT2D eigenvalue weighted by Gasteiger charge is 2.51. The third-order valence-electron chi connectivity index (χ3n) is 4.83. The number of cyclic esters (lactones) is 1. The topological polar surface area (TPSA) is 66.8 Å². The summed E-state index contributed by atoms with van der Waals surface area (Å²) >= 11 is 0. The van der Waals surface area contributed by atoms with Gasteiger partial charge in [0.1, 0.15) is 11.5 Å². The van der Waals surface area contributed by atoms with Gasteiger partial charge in [-0.15, -0.1) is 0 Å². The molecule has 1 aliphatic heterocycles. The van der Waals surface area contributed by atoms with E-state index in [2.05, 4.69) is 0 Å². The van der Waals surface area contributed by atoms with Crippen molar-refractivity contribution in [2.45, 2.75) is 19.4 Å². The fraction of sp³-hybridized carbons (Fsp3) is 0.136. The van der Waals surface area contributed by atoms with Crippen LogP contribution < -0.4 is 0 Å². The van der Waals surface area contributed by atoms with Crippen LogP contribution in [0, 0.1) is 13.8 Å². The summed E-state index contributed by atoms with van der Waals surface area (Å²) < 4.78 is 5.90. The Hall–Kier alpha value is -3.27. The van der Waals surface area contributed by atoms with E-state index in [1.165, 1.54) is 0 Å². The normalized spacial score (nSPS) is 14.8. The maximum atomic E-state index is 12.6. The second-order valence-corrected chi connectivity index (χ2v) is 6.66. The van der Waals surface area contributed by atoms with Crippen LogP contribution in [0.1, 0.15) is 38.2 Å². The molecule has 0 saturated heterocycles. The maximum absolute atomic E-state index is 12.6. The SMILES string of the molecule is Cc1ccc(O)c(C2(c3cc(C)ccc3O)OC(=O)c3ccccc32)c1. The van der Waals surface area contributed by atoms with E-state index in [-0.39, 0.29) is 11.5 Å². The third kappa shape index (κ3) is 2.19. The Morgan fingerprint density at radius 3 is 1.88 bits per heavy atom. The number of aromatic hydroxyl groups is 2. The minimum absolute atomic E-state index is 0.000934. The molecule has 0 saturated carbocycles. The molecule has 0 spiro atoms. The highest BCUT2D eigenvalue weighted by atomic mass is 16.6.